The second-order valence-electron chi connectivity index (χ2n) is 6.40. The van der Waals surface area contributed by atoms with Crippen molar-refractivity contribution in [2.75, 3.05) is 0 Å². The third kappa shape index (κ3) is 1.97. The molecule has 0 unspecified atom stereocenters. The largest absolute Gasteiger partial charge is 0.441 e. The van der Waals surface area contributed by atoms with E-state index in [9.17, 15) is 0 Å². The van der Waals surface area contributed by atoms with Crippen LogP contribution in [-0.2, 0) is 12.8 Å². The Labute approximate surface area is 130 Å². The molecule has 0 saturated carbocycles. The van der Waals surface area contributed by atoms with Crippen LogP contribution in [-0.4, -0.2) is 14.8 Å². The Morgan fingerprint density at radius 1 is 1.18 bits per heavy atom. The lowest BCUT2D eigenvalue weighted by molar-refractivity contribution is 0.496. The van der Waals surface area contributed by atoms with Gasteiger partial charge in [0.05, 0.1) is 5.69 Å². The average molecular weight is 295 g/mol. The van der Waals surface area contributed by atoms with Gasteiger partial charge in [0.25, 0.3) is 0 Å². The van der Waals surface area contributed by atoms with Gasteiger partial charge in [-0.2, -0.15) is 5.10 Å². The Morgan fingerprint density at radius 2 is 2.00 bits per heavy atom. The maximum absolute atomic E-state index is 5.68. The van der Waals surface area contributed by atoms with Gasteiger partial charge < -0.3 is 4.42 Å². The van der Waals surface area contributed by atoms with Crippen LogP contribution < -0.4 is 0 Å². The fourth-order valence-corrected chi connectivity index (χ4v) is 3.52. The van der Waals surface area contributed by atoms with E-state index in [4.69, 9.17) is 9.52 Å². The summed E-state index contributed by atoms with van der Waals surface area (Å²) in [6.07, 6.45) is 4.76. The van der Waals surface area contributed by atoms with Crippen LogP contribution in [0.2, 0.25) is 0 Å². The monoisotopic (exact) mass is 295 g/mol. The molecule has 0 aliphatic heterocycles. The summed E-state index contributed by atoms with van der Waals surface area (Å²) in [5.41, 5.74) is 6.80. The van der Waals surface area contributed by atoms with Crippen molar-refractivity contribution in [3.05, 3.63) is 35.3 Å². The van der Waals surface area contributed by atoms with E-state index in [0.717, 1.165) is 35.2 Å². The van der Waals surface area contributed by atoms with Crippen molar-refractivity contribution in [1.29, 1.82) is 0 Å². The zero-order valence-electron chi connectivity index (χ0n) is 13.4. The Balaban J connectivity index is 1.98. The number of oxazole rings is 1. The van der Waals surface area contributed by atoms with Gasteiger partial charge in [-0.15, -0.1) is 0 Å². The number of para-hydroxylation sites is 1. The van der Waals surface area contributed by atoms with E-state index < -0.39 is 0 Å². The van der Waals surface area contributed by atoms with Crippen LogP contribution in [0.4, 0.5) is 0 Å². The molecule has 2 aromatic heterocycles. The van der Waals surface area contributed by atoms with Crippen molar-refractivity contribution in [2.45, 2.75) is 52.5 Å². The smallest absolute Gasteiger partial charge is 0.192 e. The first kappa shape index (κ1) is 13.6. The number of nitrogens with zero attached hydrogens (tertiary/aromatic N) is 3. The molecule has 0 bridgehead atoms. The number of rotatable bonds is 2. The van der Waals surface area contributed by atoms with Gasteiger partial charge in [-0.3, -0.25) is 4.68 Å². The molecule has 22 heavy (non-hydrogen) atoms. The first-order valence-corrected chi connectivity index (χ1v) is 8.12. The average Bonchev–Trinajstić information content (AvgIpc) is 3.06. The highest BCUT2D eigenvalue weighted by Gasteiger charge is 2.24. The van der Waals surface area contributed by atoms with Crippen LogP contribution in [0, 0.1) is 6.92 Å². The summed E-state index contributed by atoms with van der Waals surface area (Å²) >= 11 is 0. The minimum absolute atomic E-state index is 0.388. The van der Waals surface area contributed by atoms with Crippen molar-refractivity contribution >= 4 is 11.1 Å². The summed E-state index contributed by atoms with van der Waals surface area (Å²) in [4.78, 5) is 4.58. The normalized spacial score (nSPS) is 14.7. The number of fused-ring (bicyclic) bond motifs is 2. The second kappa shape index (κ2) is 4.97. The quantitative estimate of drug-likeness (QED) is 0.701. The van der Waals surface area contributed by atoms with E-state index in [1.165, 1.54) is 24.1 Å². The molecule has 0 saturated heterocycles. The zero-order chi connectivity index (χ0) is 15.3. The molecule has 3 aromatic rings. The Kier molecular flexibility index (Phi) is 3.06. The molecule has 2 heterocycles. The molecular formula is C18H21N3O. The molecule has 4 heteroatoms. The molecule has 1 aliphatic rings. The van der Waals surface area contributed by atoms with E-state index in [2.05, 4.69) is 29.6 Å². The highest BCUT2D eigenvalue weighted by molar-refractivity contribution is 5.90. The summed E-state index contributed by atoms with van der Waals surface area (Å²) in [5, 5.41) is 4.96. The van der Waals surface area contributed by atoms with Crippen LogP contribution in [0.15, 0.2) is 22.6 Å². The molecule has 0 atom stereocenters. The number of benzene rings is 1. The third-order valence-corrected chi connectivity index (χ3v) is 4.48. The zero-order valence-corrected chi connectivity index (χ0v) is 13.4. The van der Waals surface area contributed by atoms with Gasteiger partial charge in [0.1, 0.15) is 5.52 Å². The fourth-order valence-electron chi connectivity index (χ4n) is 3.52. The minimum Gasteiger partial charge on any atom is -0.441 e. The van der Waals surface area contributed by atoms with Gasteiger partial charge in [0.2, 0.25) is 0 Å². The first-order valence-electron chi connectivity index (χ1n) is 8.12. The minimum atomic E-state index is 0.388. The lowest BCUT2D eigenvalue weighted by Gasteiger charge is -2.16. The van der Waals surface area contributed by atoms with Crippen LogP contribution in [0.25, 0.3) is 22.4 Å². The molecule has 0 spiro atoms. The summed E-state index contributed by atoms with van der Waals surface area (Å²) in [6.45, 7) is 6.30. The van der Waals surface area contributed by atoms with Crippen molar-refractivity contribution in [2.24, 2.45) is 0 Å². The van der Waals surface area contributed by atoms with Gasteiger partial charge in [-0.05, 0) is 45.6 Å². The van der Waals surface area contributed by atoms with Gasteiger partial charge in [0.15, 0.2) is 11.5 Å². The number of hydrogen-bond donors (Lipinski definition) is 0. The number of hydrogen-bond acceptors (Lipinski definition) is 3. The van der Waals surface area contributed by atoms with E-state index in [0.29, 0.717) is 11.9 Å². The molecule has 0 fully saturated rings. The van der Waals surface area contributed by atoms with E-state index in [1.807, 2.05) is 19.1 Å². The fraction of sp³-hybridized carbons (Fsp3) is 0.444. The summed E-state index contributed by atoms with van der Waals surface area (Å²) in [6, 6.07) is 6.52. The van der Waals surface area contributed by atoms with E-state index in [-0.39, 0.29) is 0 Å². The van der Waals surface area contributed by atoms with Crippen molar-refractivity contribution in [3.63, 3.8) is 0 Å². The molecule has 1 aliphatic carbocycles. The van der Waals surface area contributed by atoms with Crippen LogP contribution >= 0.6 is 0 Å². The first-order chi connectivity index (χ1) is 10.6. The van der Waals surface area contributed by atoms with Crippen LogP contribution in [0.3, 0.4) is 0 Å². The number of aromatic nitrogens is 3. The number of aryl methyl sites for hydroxylation is 1. The lowest BCUT2D eigenvalue weighted by atomic mass is 9.93. The Hall–Kier alpha value is -2.10. The summed E-state index contributed by atoms with van der Waals surface area (Å²) < 4.78 is 7.89. The highest BCUT2D eigenvalue weighted by atomic mass is 16.3. The van der Waals surface area contributed by atoms with Gasteiger partial charge in [-0.1, -0.05) is 12.1 Å². The molecule has 0 amide bonds. The molecule has 114 valence electrons. The Morgan fingerprint density at radius 3 is 2.82 bits per heavy atom. The SMILES string of the molecule is Cc1nc2c(-c3nn(C(C)C)c4c3CCCC4)cccc2o1. The third-order valence-electron chi connectivity index (χ3n) is 4.48. The summed E-state index contributed by atoms with van der Waals surface area (Å²) in [7, 11) is 0. The van der Waals surface area contributed by atoms with Gasteiger partial charge in [-0.25, -0.2) is 4.98 Å². The highest BCUT2D eigenvalue weighted by Crippen LogP contribution is 2.35. The van der Waals surface area contributed by atoms with E-state index in [1.54, 1.807) is 0 Å². The topological polar surface area (TPSA) is 43.9 Å². The predicted molar refractivity (Wildman–Crippen MR) is 87.0 cm³/mol. The Bertz CT molecular complexity index is 842. The summed E-state index contributed by atoms with van der Waals surface area (Å²) in [5.74, 6) is 0.708. The molecular weight excluding hydrogens is 274 g/mol. The maximum Gasteiger partial charge on any atom is 0.192 e. The van der Waals surface area contributed by atoms with Gasteiger partial charge >= 0.3 is 0 Å². The second-order valence-corrected chi connectivity index (χ2v) is 6.40. The van der Waals surface area contributed by atoms with Crippen molar-refractivity contribution in [1.82, 2.24) is 14.8 Å². The van der Waals surface area contributed by atoms with Gasteiger partial charge in [0, 0.05) is 29.8 Å². The molecule has 0 radical (unpaired) electrons. The standard InChI is InChI=1S/C18H21N3O/c1-11(2)21-15-9-5-4-7-13(15)17(20-21)14-8-6-10-16-18(14)19-12(3)22-16/h6,8,10-11H,4-5,7,9H2,1-3H3. The van der Waals surface area contributed by atoms with E-state index >= 15 is 0 Å². The maximum atomic E-state index is 5.68. The van der Waals surface area contributed by atoms with Crippen LogP contribution in [0.1, 0.15) is 49.9 Å². The molecule has 4 nitrogen and oxygen atoms in total. The molecule has 1 aromatic carbocycles. The molecule has 4 rings (SSSR count). The predicted octanol–water partition coefficient (Wildman–Crippen LogP) is 4.46. The molecule has 0 N–H and O–H groups in total. The van der Waals surface area contributed by atoms with Crippen LogP contribution in [0.5, 0.6) is 0 Å². The van der Waals surface area contributed by atoms with Crippen molar-refractivity contribution in [3.8, 4) is 11.3 Å². The van der Waals surface area contributed by atoms with Crippen molar-refractivity contribution < 1.29 is 4.42 Å². The lowest BCUT2D eigenvalue weighted by Crippen LogP contribution is -2.11.